The van der Waals surface area contributed by atoms with Crippen LogP contribution in [0.2, 0.25) is 5.02 Å². The van der Waals surface area contributed by atoms with Crippen LogP contribution in [0.3, 0.4) is 0 Å². The minimum absolute atomic E-state index is 0.0480. The Kier molecular flexibility index (Phi) is 3.12. The van der Waals surface area contributed by atoms with E-state index in [4.69, 9.17) is 23.2 Å². The van der Waals surface area contributed by atoms with E-state index in [1.165, 1.54) is 12.4 Å². The third-order valence-electron chi connectivity index (χ3n) is 2.37. The fraction of sp³-hybridized carbons (Fsp3) is 0.400. The summed E-state index contributed by atoms with van der Waals surface area (Å²) in [4.78, 5) is 17.5. The maximum atomic E-state index is 11.9. The predicted octanol–water partition coefficient (Wildman–Crippen LogP) is 2.19. The minimum Gasteiger partial charge on any atom is -0.337 e. The van der Waals surface area contributed by atoms with E-state index in [-0.39, 0.29) is 11.3 Å². The van der Waals surface area contributed by atoms with E-state index in [1.807, 2.05) is 0 Å². The van der Waals surface area contributed by atoms with Crippen LogP contribution in [-0.2, 0) is 0 Å². The number of likely N-dealkylation sites (tertiary alicyclic amines) is 1. The molecule has 2 rings (SSSR count). The average Bonchev–Trinajstić information content (AvgIpc) is 2.64. The van der Waals surface area contributed by atoms with E-state index in [9.17, 15) is 4.79 Å². The number of carbonyl (C=O) groups excluding carboxylic acids is 1. The first-order valence-corrected chi connectivity index (χ1v) is 5.52. The summed E-state index contributed by atoms with van der Waals surface area (Å²) >= 11 is 11.7. The van der Waals surface area contributed by atoms with Crippen LogP contribution >= 0.6 is 23.2 Å². The van der Waals surface area contributed by atoms with Gasteiger partial charge in [0.1, 0.15) is 0 Å². The Balaban J connectivity index is 2.14. The summed E-state index contributed by atoms with van der Waals surface area (Å²) in [5, 5.41) is 0.545. The molecule has 0 aliphatic carbocycles. The van der Waals surface area contributed by atoms with Crippen molar-refractivity contribution in [2.75, 3.05) is 13.1 Å². The molecule has 1 aromatic heterocycles. The summed E-state index contributed by atoms with van der Waals surface area (Å²) in [6, 6.07) is 1.62. The van der Waals surface area contributed by atoms with Crippen molar-refractivity contribution in [1.29, 1.82) is 0 Å². The minimum atomic E-state index is -0.0480. The molecular formula is C10H10Cl2N2O. The van der Waals surface area contributed by atoms with Crippen molar-refractivity contribution in [1.82, 2.24) is 9.88 Å². The lowest BCUT2D eigenvalue weighted by atomic mass is 10.2. The first-order chi connectivity index (χ1) is 7.16. The summed E-state index contributed by atoms with van der Waals surface area (Å²) in [6.45, 7) is 1.31. The SMILES string of the molecule is O=C(c1cncc(Cl)c1)N1CCC(Cl)C1. The fourth-order valence-corrected chi connectivity index (χ4v) is 2.05. The highest BCUT2D eigenvalue weighted by Gasteiger charge is 2.25. The zero-order chi connectivity index (χ0) is 10.8. The standard InChI is InChI=1S/C10H10Cl2N2O/c11-8-1-2-14(6-8)10(15)7-3-9(12)5-13-4-7/h3-5,8H,1-2,6H2. The summed E-state index contributed by atoms with van der Waals surface area (Å²) in [5.41, 5.74) is 0.522. The summed E-state index contributed by atoms with van der Waals surface area (Å²) in [6.07, 6.45) is 3.88. The molecule has 1 unspecified atom stereocenters. The second-order valence-corrected chi connectivity index (χ2v) is 4.58. The Morgan fingerprint density at radius 1 is 1.53 bits per heavy atom. The van der Waals surface area contributed by atoms with E-state index in [0.29, 0.717) is 23.7 Å². The van der Waals surface area contributed by atoms with Crippen LogP contribution in [0.15, 0.2) is 18.5 Å². The number of carbonyl (C=O) groups is 1. The molecule has 0 N–H and O–H groups in total. The van der Waals surface area contributed by atoms with Gasteiger partial charge in [0, 0.05) is 25.5 Å². The van der Waals surface area contributed by atoms with Crippen LogP contribution in [0.4, 0.5) is 0 Å². The highest BCUT2D eigenvalue weighted by atomic mass is 35.5. The molecular weight excluding hydrogens is 235 g/mol. The van der Waals surface area contributed by atoms with Gasteiger partial charge in [-0.2, -0.15) is 0 Å². The predicted molar refractivity (Wildman–Crippen MR) is 59.4 cm³/mol. The second kappa shape index (κ2) is 4.37. The number of nitrogens with zero attached hydrogens (tertiary/aromatic N) is 2. The van der Waals surface area contributed by atoms with Crippen LogP contribution in [0.1, 0.15) is 16.8 Å². The number of aromatic nitrogens is 1. The molecule has 1 fully saturated rings. The average molecular weight is 245 g/mol. The number of amides is 1. The van der Waals surface area contributed by atoms with Crippen molar-refractivity contribution in [3.63, 3.8) is 0 Å². The van der Waals surface area contributed by atoms with Crippen molar-refractivity contribution in [3.05, 3.63) is 29.0 Å². The van der Waals surface area contributed by atoms with Crippen LogP contribution < -0.4 is 0 Å². The molecule has 2 heterocycles. The van der Waals surface area contributed by atoms with Gasteiger partial charge in [-0.3, -0.25) is 9.78 Å². The Hall–Kier alpha value is -0.800. The second-order valence-electron chi connectivity index (χ2n) is 3.53. The number of pyridine rings is 1. The molecule has 1 aliphatic heterocycles. The molecule has 3 nitrogen and oxygen atoms in total. The Labute approximate surface area is 98.0 Å². The molecule has 1 saturated heterocycles. The van der Waals surface area contributed by atoms with Crippen molar-refractivity contribution in [3.8, 4) is 0 Å². The highest BCUT2D eigenvalue weighted by Crippen LogP contribution is 2.18. The van der Waals surface area contributed by atoms with Gasteiger partial charge >= 0.3 is 0 Å². The number of halogens is 2. The summed E-state index contributed by atoms with van der Waals surface area (Å²) in [7, 11) is 0. The van der Waals surface area contributed by atoms with E-state index in [1.54, 1.807) is 11.0 Å². The van der Waals surface area contributed by atoms with Crippen LogP contribution in [0.25, 0.3) is 0 Å². The number of rotatable bonds is 1. The third kappa shape index (κ3) is 2.41. The molecule has 0 spiro atoms. The summed E-state index contributed by atoms with van der Waals surface area (Å²) in [5.74, 6) is -0.0480. The zero-order valence-electron chi connectivity index (χ0n) is 7.99. The number of hydrogen-bond acceptors (Lipinski definition) is 2. The quantitative estimate of drug-likeness (QED) is 0.710. The molecule has 1 amide bonds. The Morgan fingerprint density at radius 3 is 2.93 bits per heavy atom. The van der Waals surface area contributed by atoms with Gasteiger partial charge in [0.25, 0.3) is 5.91 Å². The molecule has 1 aliphatic rings. The van der Waals surface area contributed by atoms with E-state index < -0.39 is 0 Å². The van der Waals surface area contributed by atoms with Crippen molar-refractivity contribution in [2.24, 2.45) is 0 Å². The lowest BCUT2D eigenvalue weighted by Crippen LogP contribution is -2.28. The van der Waals surface area contributed by atoms with Crippen molar-refractivity contribution in [2.45, 2.75) is 11.8 Å². The maximum Gasteiger partial charge on any atom is 0.255 e. The maximum absolute atomic E-state index is 11.9. The first-order valence-electron chi connectivity index (χ1n) is 4.70. The van der Waals surface area contributed by atoms with Gasteiger partial charge in [-0.1, -0.05) is 11.6 Å². The molecule has 0 radical (unpaired) electrons. The van der Waals surface area contributed by atoms with Crippen molar-refractivity contribution < 1.29 is 4.79 Å². The summed E-state index contributed by atoms with van der Waals surface area (Å²) < 4.78 is 0. The number of hydrogen-bond donors (Lipinski definition) is 0. The molecule has 1 atom stereocenters. The molecule has 5 heteroatoms. The molecule has 0 bridgehead atoms. The smallest absolute Gasteiger partial charge is 0.255 e. The molecule has 0 aromatic carbocycles. The Morgan fingerprint density at radius 2 is 2.33 bits per heavy atom. The molecule has 15 heavy (non-hydrogen) atoms. The lowest BCUT2D eigenvalue weighted by Gasteiger charge is -2.15. The van der Waals surface area contributed by atoms with Gasteiger partial charge in [-0.05, 0) is 12.5 Å². The van der Waals surface area contributed by atoms with Crippen molar-refractivity contribution >= 4 is 29.1 Å². The highest BCUT2D eigenvalue weighted by molar-refractivity contribution is 6.30. The van der Waals surface area contributed by atoms with Gasteiger partial charge in [0.15, 0.2) is 0 Å². The topological polar surface area (TPSA) is 33.2 Å². The van der Waals surface area contributed by atoms with Gasteiger partial charge in [-0.25, -0.2) is 0 Å². The number of alkyl halides is 1. The van der Waals surface area contributed by atoms with E-state index in [2.05, 4.69) is 4.98 Å². The zero-order valence-corrected chi connectivity index (χ0v) is 9.50. The van der Waals surface area contributed by atoms with E-state index in [0.717, 1.165) is 6.42 Å². The van der Waals surface area contributed by atoms with Gasteiger partial charge < -0.3 is 4.90 Å². The van der Waals surface area contributed by atoms with Crippen LogP contribution in [0.5, 0.6) is 0 Å². The molecule has 1 aromatic rings. The monoisotopic (exact) mass is 244 g/mol. The molecule has 80 valence electrons. The largest absolute Gasteiger partial charge is 0.337 e. The van der Waals surface area contributed by atoms with Gasteiger partial charge in [0.2, 0.25) is 0 Å². The van der Waals surface area contributed by atoms with Gasteiger partial charge in [-0.15, -0.1) is 11.6 Å². The molecule has 0 saturated carbocycles. The lowest BCUT2D eigenvalue weighted by molar-refractivity contribution is 0.0792. The fourth-order valence-electron chi connectivity index (χ4n) is 1.61. The van der Waals surface area contributed by atoms with Gasteiger partial charge in [0.05, 0.1) is 16.0 Å². The Bertz CT molecular complexity index is 383. The van der Waals surface area contributed by atoms with E-state index >= 15 is 0 Å². The third-order valence-corrected chi connectivity index (χ3v) is 2.93. The normalized spacial score (nSPS) is 20.7. The van der Waals surface area contributed by atoms with Crippen LogP contribution in [0, 0.1) is 0 Å². The first kappa shape index (κ1) is 10.7. The van der Waals surface area contributed by atoms with Crippen LogP contribution in [-0.4, -0.2) is 34.3 Å².